The Morgan fingerprint density at radius 3 is 2.59 bits per heavy atom. The van der Waals surface area contributed by atoms with Crippen molar-refractivity contribution in [1.29, 1.82) is 0 Å². The van der Waals surface area contributed by atoms with E-state index in [2.05, 4.69) is 11.4 Å². The number of nitrogens with one attached hydrogen (secondary N) is 1. The lowest BCUT2D eigenvalue weighted by Gasteiger charge is -2.35. The first-order valence-electron chi connectivity index (χ1n) is 11.2. The third kappa shape index (κ3) is 5.43. The minimum Gasteiger partial charge on any atom is -0.493 e. The standard InChI is InChI=1S/C23H35N3O3/c1-25-12-13-26(23(25)28)20-10-8-19(9-11-20)24-15-21(27)14-18-4-2-3-5-22(18)29-16-17-6-7-17/h2-5,17,19-21,24,27H,6-16H2,1H3. The van der Waals surface area contributed by atoms with Crippen LogP contribution < -0.4 is 10.1 Å². The molecule has 2 saturated carbocycles. The van der Waals surface area contributed by atoms with E-state index >= 15 is 0 Å². The van der Waals surface area contributed by atoms with Crippen LogP contribution in [-0.4, -0.2) is 72.4 Å². The number of nitrogens with zero attached hydrogens (tertiary/aromatic N) is 2. The normalized spacial score (nSPS) is 26.1. The first-order chi connectivity index (χ1) is 14.1. The van der Waals surface area contributed by atoms with Gasteiger partial charge in [0.25, 0.3) is 0 Å². The molecule has 2 aliphatic carbocycles. The van der Waals surface area contributed by atoms with Crippen LogP contribution in [0, 0.1) is 5.92 Å². The van der Waals surface area contributed by atoms with Crippen LogP contribution in [0.1, 0.15) is 44.1 Å². The third-order valence-electron chi connectivity index (χ3n) is 6.63. The molecular weight excluding hydrogens is 366 g/mol. The lowest BCUT2D eigenvalue weighted by Crippen LogP contribution is -2.45. The maximum absolute atomic E-state index is 12.2. The van der Waals surface area contributed by atoms with Crippen molar-refractivity contribution in [3.63, 3.8) is 0 Å². The van der Waals surface area contributed by atoms with Gasteiger partial charge in [0.05, 0.1) is 12.7 Å². The number of rotatable bonds is 9. The highest BCUT2D eigenvalue weighted by atomic mass is 16.5. The molecule has 1 aromatic rings. The van der Waals surface area contributed by atoms with E-state index in [9.17, 15) is 9.90 Å². The van der Waals surface area contributed by atoms with Crippen molar-refractivity contribution in [2.45, 2.75) is 63.1 Å². The number of carbonyl (C=O) groups excluding carboxylic acids is 1. The van der Waals surface area contributed by atoms with Gasteiger partial charge < -0.3 is 25.0 Å². The Kier molecular flexibility index (Phi) is 6.60. The highest BCUT2D eigenvalue weighted by molar-refractivity contribution is 5.76. The molecule has 1 aromatic carbocycles. The molecule has 1 heterocycles. The second kappa shape index (κ2) is 9.35. The van der Waals surface area contributed by atoms with E-state index in [0.717, 1.165) is 62.6 Å². The van der Waals surface area contributed by atoms with Gasteiger partial charge in [-0.3, -0.25) is 0 Å². The molecular formula is C23H35N3O3. The molecule has 4 rings (SSSR count). The Bertz CT molecular complexity index is 686. The summed E-state index contributed by atoms with van der Waals surface area (Å²) >= 11 is 0. The number of benzene rings is 1. The summed E-state index contributed by atoms with van der Waals surface area (Å²) in [7, 11) is 1.88. The van der Waals surface area contributed by atoms with E-state index in [1.165, 1.54) is 12.8 Å². The highest BCUT2D eigenvalue weighted by Crippen LogP contribution is 2.30. The van der Waals surface area contributed by atoms with Crippen LogP contribution >= 0.6 is 0 Å². The van der Waals surface area contributed by atoms with Gasteiger partial charge in [0.15, 0.2) is 0 Å². The topological polar surface area (TPSA) is 65.0 Å². The predicted octanol–water partition coefficient (Wildman–Crippen LogP) is 2.65. The van der Waals surface area contributed by atoms with Gasteiger partial charge >= 0.3 is 6.03 Å². The van der Waals surface area contributed by atoms with Crippen molar-refractivity contribution < 1.29 is 14.6 Å². The molecule has 1 saturated heterocycles. The van der Waals surface area contributed by atoms with Crippen LogP contribution in [0.2, 0.25) is 0 Å². The number of urea groups is 1. The molecule has 1 unspecified atom stereocenters. The molecule has 3 aliphatic rings. The summed E-state index contributed by atoms with van der Waals surface area (Å²) in [6, 6.07) is 9.06. The van der Waals surface area contributed by atoms with Crippen molar-refractivity contribution in [2.24, 2.45) is 5.92 Å². The summed E-state index contributed by atoms with van der Waals surface area (Å²) in [4.78, 5) is 16.0. The van der Waals surface area contributed by atoms with Gasteiger partial charge in [-0.05, 0) is 56.1 Å². The van der Waals surface area contributed by atoms with Crippen molar-refractivity contribution in [2.75, 3.05) is 33.3 Å². The molecule has 0 radical (unpaired) electrons. The molecule has 160 valence electrons. The second-order valence-electron chi connectivity index (χ2n) is 9.03. The van der Waals surface area contributed by atoms with Gasteiger partial charge in [-0.2, -0.15) is 0 Å². The van der Waals surface area contributed by atoms with E-state index in [0.29, 0.717) is 25.0 Å². The maximum Gasteiger partial charge on any atom is 0.320 e. The van der Waals surface area contributed by atoms with E-state index in [-0.39, 0.29) is 6.03 Å². The zero-order valence-electron chi connectivity index (χ0n) is 17.6. The van der Waals surface area contributed by atoms with Gasteiger partial charge in [-0.1, -0.05) is 18.2 Å². The van der Waals surface area contributed by atoms with Gasteiger partial charge in [-0.25, -0.2) is 4.79 Å². The molecule has 2 amide bonds. The smallest absolute Gasteiger partial charge is 0.320 e. The first kappa shape index (κ1) is 20.5. The molecule has 1 aliphatic heterocycles. The van der Waals surface area contributed by atoms with Crippen molar-refractivity contribution in [3.05, 3.63) is 29.8 Å². The minimum absolute atomic E-state index is 0.180. The Labute approximate surface area is 174 Å². The number of hydrogen-bond donors (Lipinski definition) is 2. The number of aliphatic hydroxyl groups is 1. The maximum atomic E-state index is 12.2. The minimum atomic E-state index is -0.424. The predicted molar refractivity (Wildman–Crippen MR) is 113 cm³/mol. The average Bonchev–Trinajstić information content (AvgIpc) is 3.51. The fourth-order valence-electron chi connectivity index (χ4n) is 4.53. The lowest BCUT2D eigenvalue weighted by molar-refractivity contribution is 0.145. The molecule has 0 bridgehead atoms. The summed E-state index contributed by atoms with van der Waals surface area (Å²) < 4.78 is 5.97. The Hall–Kier alpha value is -1.79. The molecule has 1 atom stereocenters. The highest BCUT2D eigenvalue weighted by Gasteiger charge is 2.34. The van der Waals surface area contributed by atoms with E-state index in [1.807, 2.05) is 35.0 Å². The van der Waals surface area contributed by atoms with Gasteiger partial charge in [0, 0.05) is 45.2 Å². The van der Waals surface area contributed by atoms with E-state index in [1.54, 1.807) is 0 Å². The van der Waals surface area contributed by atoms with Crippen molar-refractivity contribution >= 4 is 6.03 Å². The molecule has 29 heavy (non-hydrogen) atoms. The zero-order valence-corrected chi connectivity index (χ0v) is 17.6. The fourth-order valence-corrected chi connectivity index (χ4v) is 4.53. The Morgan fingerprint density at radius 1 is 1.14 bits per heavy atom. The quantitative estimate of drug-likeness (QED) is 0.668. The summed E-state index contributed by atoms with van der Waals surface area (Å²) in [5.74, 6) is 1.64. The monoisotopic (exact) mass is 401 g/mol. The molecule has 2 N–H and O–H groups in total. The number of para-hydroxylation sites is 1. The molecule has 3 fully saturated rings. The van der Waals surface area contributed by atoms with Gasteiger partial charge in [0.1, 0.15) is 5.75 Å². The summed E-state index contributed by atoms with van der Waals surface area (Å²) in [5.41, 5.74) is 1.09. The van der Waals surface area contributed by atoms with Crippen molar-refractivity contribution in [3.8, 4) is 5.75 Å². The summed E-state index contributed by atoms with van der Waals surface area (Å²) in [6.07, 6.45) is 6.96. The molecule has 0 aromatic heterocycles. The molecule has 0 spiro atoms. The number of amides is 2. The Balaban J connectivity index is 1.19. The van der Waals surface area contributed by atoms with Crippen LogP contribution in [0.5, 0.6) is 5.75 Å². The van der Waals surface area contributed by atoms with Crippen LogP contribution in [0.3, 0.4) is 0 Å². The third-order valence-corrected chi connectivity index (χ3v) is 6.63. The first-order valence-corrected chi connectivity index (χ1v) is 11.2. The Morgan fingerprint density at radius 2 is 1.90 bits per heavy atom. The average molecular weight is 402 g/mol. The van der Waals surface area contributed by atoms with Crippen LogP contribution in [0.15, 0.2) is 24.3 Å². The number of carbonyl (C=O) groups is 1. The lowest BCUT2D eigenvalue weighted by atomic mass is 9.90. The van der Waals surface area contributed by atoms with Crippen LogP contribution in [0.25, 0.3) is 0 Å². The number of likely N-dealkylation sites (N-methyl/N-ethyl adjacent to an activating group) is 1. The zero-order chi connectivity index (χ0) is 20.2. The number of hydrogen-bond acceptors (Lipinski definition) is 4. The molecule has 6 nitrogen and oxygen atoms in total. The fraction of sp³-hybridized carbons (Fsp3) is 0.696. The van der Waals surface area contributed by atoms with Crippen LogP contribution in [-0.2, 0) is 6.42 Å². The van der Waals surface area contributed by atoms with E-state index in [4.69, 9.17) is 4.74 Å². The second-order valence-corrected chi connectivity index (χ2v) is 9.03. The summed E-state index contributed by atoms with van der Waals surface area (Å²) in [5, 5.41) is 14.1. The van der Waals surface area contributed by atoms with Crippen molar-refractivity contribution in [1.82, 2.24) is 15.1 Å². The van der Waals surface area contributed by atoms with Gasteiger partial charge in [0.2, 0.25) is 0 Å². The largest absolute Gasteiger partial charge is 0.493 e. The van der Waals surface area contributed by atoms with Gasteiger partial charge in [-0.15, -0.1) is 0 Å². The molecule has 6 heteroatoms. The summed E-state index contributed by atoms with van der Waals surface area (Å²) in [6.45, 7) is 3.09. The van der Waals surface area contributed by atoms with Crippen LogP contribution in [0.4, 0.5) is 4.79 Å². The van der Waals surface area contributed by atoms with E-state index < -0.39 is 6.10 Å². The number of aliphatic hydroxyl groups excluding tert-OH is 1. The SMILES string of the molecule is CN1CCN(C2CCC(NCC(O)Cc3ccccc3OCC3CC3)CC2)C1=O. The number of ether oxygens (including phenoxy) is 1.